The Morgan fingerprint density at radius 3 is 2.06 bits per heavy atom. The minimum atomic E-state index is -0.572. The van der Waals surface area contributed by atoms with E-state index in [1.807, 2.05) is 0 Å². The number of hydrogen-bond acceptors (Lipinski definition) is 6. The van der Waals surface area contributed by atoms with Crippen LogP contribution in [0.25, 0.3) is 0 Å². The smallest absolute Gasteiger partial charge is 0.354 e. The van der Waals surface area contributed by atoms with Gasteiger partial charge in [0.15, 0.2) is 0 Å². The fraction of sp³-hybridized carbons (Fsp3) is 0.625. The Kier molecular flexibility index (Phi) is 15.4. The van der Waals surface area contributed by atoms with Crippen molar-refractivity contribution < 1.29 is 19.1 Å². The third-order valence-electron chi connectivity index (χ3n) is 1.60. The van der Waals surface area contributed by atoms with Gasteiger partial charge in [-0.3, -0.25) is 4.79 Å². The van der Waals surface area contributed by atoms with Crippen LogP contribution >= 0.6 is 24.8 Å². The lowest BCUT2D eigenvalue weighted by molar-refractivity contribution is -0.140. The predicted octanol–water partition coefficient (Wildman–Crippen LogP) is 0.661. The van der Waals surface area contributed by atoms with Gasteiger partial charge in [-0.25, -0.2) is 4.79 Å². The van der Waals surface area contributed by atoms with Gasteiger partial charge in [-0.15, -0.1) is 24.8 Å². The molecule has 0 aromatic carbocycles. The molecule has 0 aromatic rings. The van der Waals surface area contributed by atoms with E-state index in [1.165, 1.54) is 14.2 Å². The summed E-state index contributed by atoms with van der Waals surface area (Å²) in [5, 5.41) is 3.27. The van der Waals surface area contributed by atoms with E-state index in [0.717, 1.165) is 0 Å². The number of esters is 2. The molecule has 0 aliphatic carbocycles. The molecule has 0 unspecified atom stereocenters. The second-order valence-corrected chi connectivity index (χ2v) is 2.50. The lowest BCUT2D eigenvalue weighted by atomic mass is 10.1. The van der Waals surface area contributed by atoms with Crippen LogP contribution in [0.2, 0.25) is 0 Å². The van der Waals surface area contributed by atoms with Crippen molar-refractivity contribution in [1.82, 2.24) is 0 Å². The molecule has 0 saturated carbocycles. The van der Waals surface area contributed by atoms with E-state index in [4.69, 9.17) is 5.84 Å². The van der Waals surface area contributed by atoms with Crippen LogP contribution in [0.3, 0.4) is 0 Å². The van der Waals surface area contributed by atoms with Crippen molar-refractivity contribution in [2.45, 2.75) is 19.3 Å². The summed E-state index contributed by atoms with van der Waals surface area (Å²) < 4.78 is 8.85. The molecule has 0 radical (unpaired) electrons. The number of rotatable bonds is 5. The van der Waals surface area contributed by atoms with E-state index in [-0.39, 0.29) is 42.9 Å². The Morgan fingerprint density at radius 1 is 1.12 bits per heavy atom. The molecular weight excluding hydrogens is 259 g/mol. The quantitative estimate of drug-likeness (QED) is 0.344. The Bertz CT molecular complexity index is 246. The van der Waals surface area contributed by atoms with Crippen LogP contribution in [0, 0.1) is 0 Å². The molecule has 0 atom stereocenters. The Hall–Kier alpha value is -1.01. The molecule has 0 fully saturated rings. The summed E-state index contributed by atoms with van der Waals surface area (Å²) in [6.45, 7) is 0. The van der Waals surface area contributed by atoms with Crippen LogP contribution in [0.15, 0.2) is 5.10 Å². The summed E-state index contributed by atoms with van der Waals surface area (Å²) in [5.41, 5.74) is 0.122. The maximum Gasteiger partial charge on any atom is 0.354 e. The van der Waals surface area contributed by atoms with E-state index in [1.54, 1.807) is 0 Å². The van der Waals surface area contributed by atoms with E-state index < -0.39 is 5.97 Å². The van der Waals surface area contributed by atoms with Gasteiger partial charge in [0, 0.05) is 6.42 Å². The van der Waals surface area contributed by atoms with Gasteiger partial charge >= 0.3 is 11.9 Å². The first-order valence-corrected chi connectivity index (χ1v) is 4.07. The first-order valence-electron chi connectivity index (χ1n) is 4.07. The van der Waals surface area contributed by atoms with Crippen LogP contribution in [0.4, 0.5) is 0 Å². The monoisotopic (exact) mass is 274 g/mol. The van der Waals surface area contributed by atoms with Gasteiger partial charge < -0.3 is 15.3 Å². The van der Waals surface area contributed by atoms with Crippen LogP contribution in [-0.2, 0) is 19.1 Å². The van der Waals surface area contributed by atoms with Gasteiger partial charge in [0.05, 0.1) is 14.2 Å². The highest BCUT2D eigenvalue weighted by atomic mass is 35.5. The summed E-state index contributed by atoms with van der Waals surface area (Å²) in [4.78, 5) is 21.7. The van der Waals surface area contributed by atoms with Gasteiger partial charge in [0.1, 0.15) is 5.71 Å². The van der Waals surface area contributed by atoms with E-state index in [0.29, 0.717) is 12.8 Å². The van der Waals surface area contributed by atoms with Gasteiger partial charge in [-0.05, 0) is 12.8 Å². The van der Waals surface area contributed by atoms with Gasteiger partial charge in [0.25, 0.3) is 0 Å². The van der Waals surface area contributed by atoms with E-state index in [2.05, 4.69) is 14.6 Å². The number of nitrogens with two attached hydrogens (primary N) is 1. The van der Waals surface area contributed by atoms with Crippen molar-refractivity contribution in [3.05, 3.63) is 0 Å². The summed E-state index contributed by atoms with van der Waals surface area (Å²) in [7, 11) is 2.55. The maximum atomic E-state index is 10.9. The third-order valence-corrected chi connectivity index (χ3v) is 1.60. The number of hydrazone groups is 1. The molecule has 16 heavy (non-hydrogen) atoms. The lowest BCUT2D eigenvalue weighted by Crippen LogP contribution is -2.18. The zero-order chi connectivity index (χ0) is 11.0. The van der Waals surface area contributed by atoms with Gasteiger partial charge in [-0.2, -0.15) is 5.10 Å². The number of nitrogens with zero attached hydrogens (tertiary/aromatic N) is 1. The second kappa shape index (κ2) is 12.1. The summed E-state index contributed by atoms with van der Waals surface area (Å²) >= 11 is 0. The number of carbonyl (C=O) groups is 2. The van der Waals surface area contributed by atoms with Crippen molar-refractivity contribution in [1.29, 1.82) is 0 Å². The first-order chi connectivity index (χ1) is 6.65. The molecular formula is C8H16Cl2N2O4. The van der Waals surface area contributed by atoms with E-state index >= 15 is 0 Å². The highest BCUT2D eigenvalue weighted by molar-refractivity contribution is 6.36. The molecule has 0 rings (SSSR count). The summed E-state index contributed by atoms with van der Waals surface area (Å²) in [5.74, 6) is 4.07. The number of carbonyl (C=O) groups excluding carboxylic acids is 2. The molecule has 96 valence electrons. The average Bonchev–Trinajstić information content (AvgIpc) is 2.22. The van der Waals surface area contributed by atoms with Crippen LogP contribution in [0.1, 0.15) is 19.3 Å². The zero-order valence-corrected chi connectivity index (χ0v) is 10.7. The molecule has 0 bridgehead atoms. The van der Waals surface area contributed by atoms with Crippen molar-refractivity contribution in [3.63, 3.8) is 0 Å². The van der Waals surface area contributed by atoms with Crippen molar-refractivity contribution >= 4 is 42.5 Å². The zero-order valence-electron chi connectivity index (χ0n) is 9.10. The van der Waals surface area contributed by atoms with Crippen molar-refractivity contribution in [2.24, 2.45) is 10.9 Å². The molecule has 0 aliphatic rings. The fourth-order valence-electron chi connectivity index (χ4n) is 0.839. The van der Waals surface area contributed by atoms with Gasteiger partial charge in [-0.1, -0.05) is 0 Å². The molecule has 0 aliphatic heterocycles. The molecule has 0 amide bonds. The number of halogens is 2. The molecule has 8 heteroatoms. The van der Waals surface area contributed by atoms with Crippen molar-refractivity contribution in [2.75, 3.05) is 14.2 Å². The third kappa shape index (κ3) is 8.31. The second-order valence-electron chi connectivity index (χ2n) is 2.50. The fourth-order valence-corrected chi connectivity index (χ4v) is 0.839. The maximum absolute atomic E-state index is 10.9. The largest absolute Gasteiger partial charge is 0.469 e. The first kappa shape index (κ1) is 20.4. The van der Waals surface area contributed by atoms with Crippen LogP contribution in [-0.4, -0.2) is 31.9 Å². The Morgan fingerprint density at radius 2 is 1.69 bits per heavy atom. The molecule has 0 aromatic heterocycles. The molecule has 0 spiro atoms. The highest BCUT2D eigenvalue weighted by Crippen LogP contribution is 2.00. The number of methoxy groups -OCH3 is 2. The summed E-state index contributed by atoms with van der Waals surface area (Å²) in [6.07, 6.45) is 0.989. The number of hydrogen-bond donors (Lipinski definition) is 1. The standard InChI is InChI=1S/C8H14N2O4.2ClH/c1-13-7(11)5-3-4-6(10-9)8(12)14-2;;/h3-5,9H2,1-2H3;2*1H. The number of ether oxygens (including phenoxy) is 2. The predicted molar refractivity (Wildman–Crippen MR) is 64.0 cm³/mol. The highest BCUT2D eigenvalue weighted by Gasteiger charge is 2.11. The average molecular weight is 275 g/mol. The minimum absolute atomic E-state index is 0. The molecule has 0 saturated heterocycles. The van der Waals surface area contributed by atoms with E-state index in [9.17, 15) is 9.59 Å². The van der Waals surface area contributed by atoms with Crippen LogP contribution < -0.4 is 5.84 Å². The minimum Gasteiger partial charge on any atom is -0.469 e. The molecule has 6 nitrogen and oxygen atoms in total. The van der Waals surface area contributed by atoms with Crippen molar-refractivity contribution in [3.8, 4) is 0 Å². The van der Waals surface area contributed by atoms with Gasteiger partial charge in [0.2, 0.25) is 0 Å². The lowest BCUT2D eigenvalue weighted by Gasteiger charge is -2.01. The normalized spacial score (nSPS) is 9.50. The molecule has 0 heterocycles. The Labute approximate surface area is 106 Å². The SMILES string of the molecule is COC(=O)CCCC(=NN)C(=O)OC.Cl.Cl. The molecule has 2 N–H and O–H groups in total. The summed E-state index contributed by atoms with van der Waals surface area (Å²) in [6, 6.07) is 0. The topological polar surface area (TPSA) is 91.0 Å². The van der Waals surface area contributed by atoms with Crippen LogP contribution in [0.5, 0.6) is 0 Å². The Balaban J connectivity index is -0.000000845.